The lowest BCUT2D eigenvalue weighted by atomic mass is 10.6. The maximum absolute atomic E-state index is 10.6. The highest BCUT2D eigenvalue weighted by atomic mass is 16.5. The number of hydroxylamine groups is 3. The molecule has 0 aliphatic rings. The number of quaternary nitrogens is 1. The van der Waals surface area contributed by atoms with Crippen molar-refractivity contribution in [2.24, 2.45) is 0 Å². The zero-order chi connectivity index (χ0) is 5.91. The summed E-state index contributed by atoms with van der Waals surface area (Å²) in [4.78, 5) is 0. The molecule has 0 atom stereocenters. The van der Waals surface area contributed by atoms with E-state index >= 15 is 0 Å². The molecule has 0 saturated carbocycles. The minimum absolute atomic E-state index is 0.274. The first kappa shape index (κ1) is 6.66. The van der Waals surface area contributed by atoms with Crippen LogP contribution in [0.3, 0.4) is 0 Å². The van der Waals surface area contributed by atoms with Crippen molar-refractivity contribution >= 4 is 0 Å². The van der Waals surface area contributed by atoms with E-state index in [9.17, 15) is 5.21 Å². The molecule has 7 heavy (non-hydrogen) atoms. The lowest BCUT2D eigenvalue weighted by Gasteiger charge is -2.31. The molecule has 0 aromatic carbocycles. The summed E-state index contributed by atoms with van der Waals surface area (Å²) in [5.41, 5.74) is 0. The summed E-state index contributed by atoms with van der Waals surface area (Å²) < 4.78 is -0.274. The van der Waals surface area contributed by atoms with Gasteiger partial charge in [-0.3, -0.25) is 0 Å². The van der Waals surface area contributed by atoms with Crippen molar-refractivity contribution in [1.82, 2.24) is 0 Å². The van der Waals surface area contributed by atoms with Crippen LogP contribution in [0.2, 0.25) is 0 Å². The van der Waals surface area contributed by atoms with E-state index in [1.807, 2.05) is 0 Å². The van der Waals surface area contributed by atoms with Gasteiger partial charge in [-0.1, -0.05) is 6.58 Å². The summed E-state index contributed by atoms with van der Waals surface area (Å²) in [7, 11) is 3.17. The molecule has 0 amide bonds. The van der Waals surface area contributed by atoms with Crippen molar-refractivity contribution in [3.63, 3.8) is 0 Å². The summed E-state index contributed by atoms with van der Waals surface area (Å²) in [6.07, 6.45) is 1.62. The van der Waals surface area contributed by atoms with Gasteiger partial charge in [0.1, 0.15) is 0 Å². The van der Waals surface area contributed by atoms with Gasteiger partial charge in [-0.25, -0.2) is 0 Å². The molecule has 0 aliphatic heterocycles. The second-order valence-electron chi connectivity index (χ2n) is 2.05. The molecule has 2 heteroatoms. The van der Waals surface area contributed by atoms with Gasteiger partial charge in [-0.2, -0.15) is 0 Å². The van der Waals surface area contributed by atoms with Gasteiger partial charge in [0.2, 0.25) is 0 Å². The minimum Gasteiger partial charge on any atom is -0.633 e. The molecule has 0 aromatic heterocycles. The van der Waals surface area contributed by atoms with E-state index in [0.29, 0.717) is 6.54 Å². The minimum atomic E-state index is -0.274. The summed E-state index contributed by atoms with van der Waals surface area (Å²) in [6, 6.07) is 0. The molecule has 0 rings (SSSR count). The van der Waals surface area contributed by atoms with E-state index in [1.54, 1.807) is 20.2 Å². The standard InChI is InChI=1S/C5H11NO/c1-4-5-6(2,3)7/h4H,1,5H2,2-3H3. The number of likely N-dealkylation sites (N-methyl/N-ethyl adjacent to an activating group) is 1. The zero-order valence-corrected chi connectivity index (χ0v) is 4.85. The largest absolute Gasteiger partial charge is 0.633 e. The van der Waals surface area contributed by atoms with E-state index in [1.165, 1.54) is 0 Å². The Morgan fingerprint density at radius 1 is 1.71 bits per heavy atom. The van der Waals surface area contributed by atoms with Crippen LogP contribution in [0, 0.1) is 5.21 Å². The lowest BCUT2D eigenvalue weighted by molar-refractivity contribution is -0.833. The fourth-order valence-electron chi connectivity index (χ4n) is 0.311. The van der Waals surface area contributed by atoms with E-state index < -0.39 is 0 Å². The Hall–Kier alpha value is -0.340. The Kier molecular flexibility index (Phi) is 1.99. The first-order valence-electron chi connectivity index (χ1n) is 2.21. The van der Waals surface area contributed by atoms with Crippen LogP contribution >= 0.6 is 0 Å². The third-order valence-corrected chi connectivity index (χ3v) is 0.569. The van der Waals surface area contributed by atoms with Gasteiger partial charge < -0.3 is 9.85 Å². The number of hydrogen-bond acceptors (Lipinski definition) is 1. The van der Waals surface area contributed by atoms with Crippen molar-refractivity contribution in [3.8, 4) is 0 Å². The zero-order valence-electron chi connectivity index (χ0n) is 4.85. The van der Waals surface area contributed by atoms with E-state index in [0.717, 1.165) is 0 Å². The monoisotopic (exact) mass is 101 g/mol. The second kappa shape index (κ2) is 2.09. The lowest BCUT2D eigenvalue weighted by Crippen LogP contribution is -2.31. The Bertz CT molecular complexity index is 63.0. The summed E-state index contributed by atoms with van der Waals surface area (Å²) >= 11 is 0. The molecule has 2 nitrogen and oxygen atoms in total. The van der Waals surface area contributed by atoms with Crippen LogP contribution in [-0.4, -0.2) is 25.3 Å². The van der Waals surface area contributed by atoms with Crippen LogP contribution < -0.4 is 0 Å². The second-order valence-corrected chi connectivity index (χ2v) is 2.05. The molecule has 0 unspecified atom stereocenters. The fraction of sp³-hybridized carbons (Fsp3) is 0.600. The van der Waals surface area contributed by atoms with Crippen molar-refractivity contribution in [2.45, 2.75) is 0 Å². The summed E-state index contributed by atoms with van der Waals surface area (Å²) in [6.45, 7) is 3.92. The summed E-state index contributed by atoms with van der Waals surface area (Å²) in [5, 5.41) is 10.6. The van der Waals surface area contributed by atoms with Gasteiger partial charge in [-0.05, 0) is 6.08 Å². The average molecular weight is 101 g/mol. The number of hydrogen-bond donors (Lipinski definition) is 0. The quantitative estimate of drug-likeness (QED) is 0.286. The molecule has 0 fully saturated rings. The molecule has 42 valence electrons. The van der Waals surface area contributed by atoms with Gasteiger partial charge in [0.05, 0.1) is 20.6 Å². The molecule has 0 saturated heterocycles. The maximum atomic E-state index is 10.6. The van der Waals surface area contributed by atoms with Gasteiger partial charge in [-0.15, -0.1) is 0 Å². The maximum Gasteiger partial charge on any atom is 0.0964 e. The van der Waals surface area contributed by atoms with Crippen molar-refractivity contribution < 1.29 is 4.65 Å². The van der Waals surface area contributed by atoms with Crippen LogP contribution in [0.25, 0.3) is 0 Å². The highest BCUT2D eigenvalue weighted by Gasteiger charge is 1.92. The SMILES string of the molecule is C=CC[N+](C)(C)[O-]. The topological polar surface area (TPSA) is 23.1 Å². The molecule has 0 spiro atoms. The van der Waals surface area contributed by atoms with Gasteiger partial charge in [0.25, 0.3) is 0 Å². The van der Waals surface area contributed by atoms with Crippen LogP contribution in [0.15, 0.2) is 12.7 Å². The molecular weight excluding hydrogens is 90.1 g/mol. The first-order valence-corrected chi connectivity index (χ1v) is 2.21. The van der Waals surface area contributed by atoms with Crippen LogP contribution in [0.1, 0.15) is 0 Å². The van der Waals surface area contributed by atoms with Gasteiger partial charge >= 0.3 is 0 Å². The molecule has 0 N–H and O–H groups in total. The first-order chi connectivity index (χ1) is 3.06. The van der Waals surface area contributed by atoms with E-state index in [-0.39, 0.29) is 4.65 Å². The van der Waals surface area contributed by atoms with Crippen molar-refractivity contribution in [1.29, 1.82) is 0 Å². The third kappa shape index (κ3) is 5.66. The van der Waals surface area contributed by atoms with Crippen LogP contribution in [0.4, 0.5) is 0 Å². The van der Waals surface area contributed by atoms with Crippen molar-refractivity contribution in [3.05, 3.63) is 17.9 Å². The third-order valence-electron chi connectivity index (χ3n) is 0.569. The molecule has 0 aliphatic carbocycles. The Morgan fingerprint density at radius 2 is 2.14 bits per heavy atom. The highest BCUT2D eigenvalue weighted by Crippen LogP contribution is 1.88. The van der Waals surface area contributed by atoms with E-state index in [2.05, 4.69) is 6.58 Å². The number of rotatable bonds is 2. The number of nitrogens with zero attached hydrogens (tertiary/aromatic N) is 1. The van der Waals surface area contributed by atoms with E-state index in [4.69, 9.17) is 0 Å². The Morgan fingerprint density at radius 3 is 2.14 bits per heavy atom. The van der Waals surface area contributed by atoms with Crippen LogP contribution in [0.5, 0.6) is 0 Å². The van der Waals surface area contributed by atoms with Crippen LogP contribution in [-0.2, 0) is 0 Å². The predicted molar refractivity (Wildman–Crippen MR) is 30.5 cm³/mol. The Labute approximate surface area is 44.2 Å². The van der Waals surface area contributed by atoms with Crippen molar-refractivity contribution in [2.75, 3.05) is 20.6 Å². The molecular formula is C5H11NO. The Balaban J connectivity index is 3.34. The molecule has 0 aromatic rings. The molecule has 0 heterocycles. The molecule has 0 radical (unpaired) electrons. The summed E-state index contributed by atoms with van der Waals surface area (Å²) in [5.74, 6) is 0. The smallest absolute Gasteiger partial charge is 0.0964 e. The van der Waals surface area contributed by atoms with Gasteiger partial charge in [0.15, 0.2) is 0 Å². The molecule has 0 bridgehead atoms. The predicted octanol–water partition coefficient (Wildman–Crippen LogP) is 0.747. The van der Waals surface area contributed by atoms with Gasteiger partial charge in [0, 0.05) is 0 Å². The normalized spacial score (nSPS) is 11.3. The fourth-order valence-corrected chi connectivity index (χ4v) is 0.311. The highest BCUT2D eigenvalue weighted by molar-refractivity contribution is 4.64. The average Bonchev–Trinajstić information content (AvgIpc) is 1.30.